The minimum atomic E-state index is 0.219. The van der Waals surface area contributed by atoms with Crippen LogP contribution in [0.25, 0.3) is 0 Å². The van der Waals surface area contributed by atoms with E-state index in [4.69, 9.17) is 17.3 Å². The van der Waals surface area contributed by atoms with Gasteiger partial charge in [-0.25, -0.2) is 9.97 Å². The van der Waals surface area contributed by atoms with Gasteiger partial charge in [0.1, 0.15) is 17.5 Å². The van der Waals surface area contributed by atoms with Crippen molar-refractivity contribution in [2.45, 2.75) is 26.7 Å². The number of aromatic nitrogens is 2. The van der Waals surface area contributed by atoms with Crippen molar-refractivity contribution in [3.8, 4) is 0 Å². The quantitative estimate of drug-likeness (QED) is 0.893. The SMILES string of the molecule is Cc1ccc(Cl)c(Nc2cc(N)nc(C(C)C)n2)c1. The van der Waals surface area contributed by atoms with Crippen LogP contribution >= 0.6 is 11.6 Å². The first-order chi connectivity index (χ1) is 8.95. The molecule has 2 aromatic rings. The molecule has 1 heterocycles. The summed E-state index contributed by atoms with van der Waals surface area (Å²) in [6.07, 6.45) is 0. The molecule has 1 aromatic carbocycles. The summed E-state index contributed by atoms with van der Waals surface area (Å²) >= 11 is 6.15. The summed E-state index contributed by atoms with van der Waals surface area (Å²) < 4.78 is 0. The highest BCUT2D eigenvalue weighted by atomic mass is 35.5. The average Bonchev–Trinajstić information content (AvgIpc) is 2.33. The average molecular weight is 277 g/mol. The van der Waals surface area contributed by atoms with Gasteiger partial charge in [-0.1, -0.05) is 31.5 Å². The van der Waals surface area contributed by atoms with E-state index in [0.717, 1.165) is 11.3 Å². The summed E-state index contributed by atoms with van der Waals surface area (Å²) in [7, 11) is 0. The number of nitrogen functional groups attached to an aromatic ring is 1. The van der Waals surface area contributed by atoms with E-state index in [1.807, 2.05) is 39.0 Å². The maximum absolute atomic E-state index is 6.15. The van der Waals surface area contributed by atoms with Gasteiger partial charge in [0.25, 0.3) is 0 Å². The molecule has 0 saturated heterocycles. The van der Waals surface area contributed by atoms with Crippen LogP contribution in [-0.4, -0.2) is 9.97 Å². The molecule has 0 fully saturated rings. The minimum absolute atomic E-state index is 0.219. The molecule has 4 nitrogen and oxygen atoms in total. The van der Waals surface area contributed by atoms with Crippen LogP contribution in [0.4, 0.5) is 17.3 Å². The molecule has 0 atom stereocenters. The molecule has 0 spiro atoms. The maximum atomic E-state index is 6.15. The lowest BCUT2D eigenvalue weighted by molar-refractivity contribution is 0.779. The number of nitrogens with one attached hydrogen (secondary N) is 1. The second kappa shape index (κ2) is 5.45. The number of anilines is 3. The van der Waals surface area contributed by atoms with Crippen molar-refractivity contribution >= 4 is 28.9 Å². The van der Waals surface area contributed by atoms with Crippen LogP contribution in [0.2, 0.25) is 5.02 Å². The van der Waals surface area contributed by atoms with Gasteiger partial charge >= 0.3 is 0 Å². The zero-order chi connectivity index (χ0) is 14.0. The van der Waals surface area contributed by atoms with Gasteiger partial charge in [0, 0.05) is 12.0 Å². The second-order valence-electron chi connectivity index (χ2n) is 4.80. The highest BCUT2D eigenvalue weighted by Gasteiger charge is 2.08. The Morgan fingerprint density at radius 2 is 1.95 bits per heavy atom. The molecule has 0 aliphatic heterocycles. The van der Waals surface area contributed by atoms with E-state index in [9.17, 15) is 0 Å². The number of hydrogen-bond acceptors (Lipinski definition) is 4. The van der Waals surface area contributed by atoms with E-state index >= 15 is 0 Å². The van der Waals surface area contributed by atoms with Gasteiger partial charge in [-0.3, -0.25) is 0 Å². The number of nitrogens with zero attached hydrogens (tertiary/aromatic N) is 2. The first-order valence-corrected chi connectivity index (χ1v) is 6.51. The summed E-state index contributed by atoms with van der Waals surface area (Å²) in [5.74, 6) is 2.04. The van der Waals surface area contributed by atoms with Crippen molar-refractivity contribution in [3.63, 3.8) is 0 Å². The molecule has 2 rings (SSSR count). The van der Waals surface area contributed by atoms with E-state index in [1.165, 1.54) is 0 Å². The molecule has 0 aliphatic rings. The van der Waals surface area contributed by atoms with Crippen molar-refractivity contribution < 1.29 is 0 Å². The van der Waals surface area contributed by atoms with Crippen LogP contribution in [0, 0.1) is 6.92 Å². The van der Waals surface area contributed by atoms with E-state index in [0.29, 0.717) is 22.5 Å². The Hall–Kier alpha value is -1.81. The fraction of sp³-hybridized carbons (Fsp3) is 0.286. The van der Waals surface area contributed by atoms with Gasteiger partial charge in [-0.2, -0.15) is 0 Å². The fourth-order valence-electron chi connectivity index (χ4n) is 1.68. The number of hydrogen-bond donors (Lipinski definition) is 2. The van der Waals surface area contributed by atoms with Crippen molar-refractivity contribution in [3.05, 3.63) is 40.7 Å². The summed E-state index contributed by atoms with van der Waals surface area (Å²) in [5.41, 5.74) is 7.73. The molecular formula is C14H17ClN4. The number of benzene rings is 1. The number of aryl methyl sites for hydroxylation is 1. The van der Waals surface area contributed by atoms with Gasteiger partial charge in [-0.05, 0) is 24.6 Å². The monoisotopic (exact) mass is 276 g/mol. The Balaban J connectivity index is 2.35. The fourth-order valence-corrected chi connectivity index (χ4v) is 1.85. The summed E-state index contributed by atoms with van der Waals surface area (Å²) in [5, 5.41) is 3.83. The van der Waals surface area contributed by atoms with E-state index < -0.39 is 0 Å². The molecule has 0 unspecified atom stereocenters. The summed E-state index contributed by atoms with van der Waals surface area (Å²) in [6.45, 7) is 6.06. The standard InChI is InChI=1S/C14H17ClN4/c1-8(2)14-18-12(16)7-13(19-14)17-11-6-9(3)4-5-10(11)15/h4-8H,1-3H3,(H3,16,17,18,19). The van der Waals surface area contributed by atoms with Crippen molar-refractivity contribution in [2.24, 2.45) is 0 Å². The van der Waals surface area contributed by atoms with Gasteiger partial charge in [0.15, 0.2) is 0 Å². The number of halogens is 1. The second-order valence-corrected chi connectivity index (χ2v) is 5.21. The van der Waals surface area contributed by atoms with Crippen LogP contribution in [0.1, 0.15) is 31.2 Å². The Morgan fingerprint density at radius 3 is 2.63 bits per heavy atom. The lowest BCUT2D eigenvalue weighted by Crippen LogP contribution is -2.05. The zero-order valence-corrected chi connectivity index (χ0v) is 12.0. The highest BCUT2D eigenvalue weighted by molar-refractivity contribution is 6.33. The summed E-state index contributed by atoms with van der Waals surface area (Å²) in [6, 6.07) is 7.48. The third-order valence-electron chi connectivity index (χ3n) is 2.66. The lowest BCUT2D eigenvalue weighted by Gasteiger charge is -2.11. The van der Waals surface area contributed by atoms with Crippen LogP contribution in [0.3, 0.4) is 0 Å². The van der Waals surface area contributed by atoms with Crippen molar-refractivity contribution in [2.75, 3.05) is 11.1 Å². The third-order valence-corrected chi connectivity index (χ3v) is 2.99. The molecule has 0 aliphatic carbocycles. The summed E-state index contributed by atoms with van der Waals surface area (Å²) in [4.78, 5) is 8.65. The molecular weight excluding hydrogens is 260 g/mol. The van der Waals surface area contributed by atoms with Crippen molar-refractivity contribution in [1.82, 2.24) is 9.97 Å². The largest absolute Gasteiger partial charge is 0.384 e. The van der Waals surface area contributed by atoms with E-state index in [-0.39, 0.29) is 5.92 Å². The smallest absolute Gasteiger partial charge is 0.136 e. The molecule has 19 heavy (non-hydrogen) atoms. The van der Waals surface area contributed by atoms with Crippen molar-refractivity contribution in [1.29, 1.82) is 0 Å². The first kappa shape index (κ1) is 13.6. The molecule has 1 aromatic heterocycles. The highest BCUT2D eigenvalue weighted by Crippen LogP contribution is 2.26. The van der Waals surface area contributed by atoms with E-state index in [1.54, 1.807) is 6.07 Å². The first-order valence-electron chi connectivity index (χ1n) is 6.13. The number of nitrogens with two attached hydrogens (primary N) is 1. The molecule has 0 amide bonds. The van der Waals surface area contributed by atoms with Crippen LogP contribution in [0.5, 0.6) is 0 Å². The van der Waals surface area contributed by atoms with Crippen LogP contribution in [-0.2, 0) is 0 Å². The Morgan fingerprint density at radius 1 is 1.21 bits per heavy atom. The third kappa shape index (κ3) is 3.35. The molecule has 5 heteroatoms. The normalized spacial score (nSPS) is 10.8. The Labute approximate surface area is 118 Å². The lowest BCUT2D eigenvalue weighted by atomic mass is 10.2. The molecule has 0 bridgehead atoms. The molecule has 3 N–H and O–H groups in total. The van der Waals surface area contributed by atoms with Gasteiger partial charge < -0.3 is 11.1 Å². The maximum Gasteiger partial charge on any atom is 0.136 e. The van der Waals surface area contributed by atoms with Gasteiger partial charge in [0.05, 0.1) is 10.7 Å². The number of rotatable bonds is 3. The zero-order valence-electron chi connectivity index (χ0n) is 11.2. The topological polar surface area (TPSA) is 63.8 Å². The molecule has 0 saturated carbocycles. The molecule has 100 valence electrons. The predicted molar refractivity (Wildman–Crippen MR) is 80.0 cm³/mol. The van der Waals surface area contributed by atoms with Crippen LogP contribution in [0.15, 0.2) is 24.3 Å². The predicted octanol–water partition coefficient (Wildman–Crippen LogP) is 3.89. The van der Waals surface area contributed by atoms with Gasteiger partial charge in [-0.15, -0.1) is 0 Å². The van der Waals surface area contributed by atoms with Crippen LogP contribution < -0.4 is 11.1 Å². The Kier molecular flexibility index (Phi) is 3.90. The van der Waals surface area contributed by atoms with Gasteiger partial charge in [0.2, 0.25) is 0 Å². The van der Waals surface area contributed by atoms with E-state index in [2.05, 4.69) is 15.3 Å². The Bertz CT molecular complexity index is 596. The molecule has 0 radical (unpaired) electrons. The minimum Gasteiger partial charge on any atom is -0.384 e.